The molecule has 1 aliphatic rings. The molecule has 1 saturated heterocycles. The highest BCUT2D eigenvalue weighted by atomic mass is 16.7. The van der Waals surface area contributed by atoms with Gasteiger partial charge < -0.3 is 29.9 Å². The maximum atomic E-state index is 10.00. The van der Waals surface area contributed by atoms with Crippen LogP contribution in [0.25, 0.3) is 0 Å². The fourth-order valence-electron chi connectivity index (χ4n) is 3.03. The largest absolute Gasteiger partial charge is 0.391 e. The highest BCUT2D eigenvalue weighted by molar-refractivity contribution is 4.92. The first kappa shape index (κ1) is 21.8. The molecule has 0 unspecified atom stereocenters. The number of aliphatic hydroxyl groups excluding tert-OH is 4. The summed E-state index contributed by atoms with van der Waals surface area (Å²) in [6, 6.07) is 0. The van der Waals surface area contributed by atoms with Crippen LogP contribution in [0, 0.1) is 0 Å². The van der Waals surface area contributed by atoms with Gasteiger partial charge in [0.25, 0.3) is 0 Å². The van der Waals surface area contributed by atoms with Crippen molar-refractivity contribution in [2.45, 2.75) is 95.2 Å². The van der Waals surface area contributed by atoms with Crippen LogP contribution in [0.15, 0.2) is 0 Å². The normalized spacial score (nSPS) is 30.6. The van der Waals surface area contributed by atoms with Gasteiger partial charge in [-0.3, -0.25) is 0 Å². The first-order valence-corrected chi connectivity index (χ1v) is 9.50. The van der Waals surface area contributed by atoms with Crippen LogP contribution in [0.4, 0.5) is 0 Å². The van der Waals surface area contributed by atoms with E-state index in [2.05, 4.69) is 6.92 Å². The average Bonchev–Trinajstić information content (AvgIpc) is 2.60. The molecule has 0 saturated carbocycles. The van der Waals surface area contributed by atoms with E-state index in [1.807, 2.05) is 0 Å². The minimum Gasteiger partial charge on any atom is -0.391 e. The van der Waals surface area contributed by atoms with Crippen molar-refractivity contribution >= 4 is 0 Å². The van der Waals surface area contributed by atoms with Crippen LogP contribution in [-0.2, 0) is 9.47 Å². The van der Waals surface area contributed by atoms with Crippen molar-refractivity contribution in [2.24, 2.45) is 0 Å². The van der Waals surface area contributed by atoms with Gasteiger partial charge >= 0.3 is 0 Å². The third kappa shape index (κ3) is 6.94. The molecule has 0 aromatic heterocycles. The second-order valence-corrected chi connectivity index (χ2v) is 6.81. The van der Waals surface area contributed by atoms with Gasteiger partial charge in [-0.05, 0) is 6.42 Å². The molecule has 0 radical (unpaired) electrons. The first-order valence-electron chi connectivity index (χ1n) is 9.50. The summed E-state index contributed by atoms with van der Waals surface area (Å²) in [7, 11) is 0. The molecule has 0 aromatic carbocycles. The molecule has 6 heteroatoms. The van der Waals surface area contributed by atoms with E-state index in [0.717, 1.165) is 19.3 Å². The number of unbranched alkanes of at least 4 members (excludes halogenated alkanes) is 9. The monoisotopic (exact) mass is 348 g/mol. The van der Waals surface area contributed by atoms with E-state index in [1.165, 1.54) is 44.9 Å². The van der Waals surface area contributed by atoms with Crippen LogP contribution >= 0.6 is 0 Å². The molecule has 4 N–H and O–H groups in total. The molecular formula is C18H36O6. The molecule has 6 nitrogen and oxygen atoms in total. The smallest absolute Gasteiger partial charge is 0.221 e. The van der Waals surface area contributed by atoms with Crippen molar-refractivity contribution in [3.63, 3.8) is 0 Å². The first-order chi connectivity index (χ1) is 11.6. The van der Waals surface area contributed by atoms with E-state index < -0.39 is 30.7 Å². The topological polar surface area (TPSA) is 99.4 Å². The van der Waals surface area contributed by atoms with Gasteiger partial charge in [-0.15, -0.1) is 0 Å². The van der Waals surface area contributed by atoms with Crippen molar-refractivity contribution in [2.75, 3.05) is 19.8 Å². The summed E-state index contributed by atoms with van der Waals surface area (Å²) < 4.78 is 10.8. The average molecular weight is 348 g/mol. The number of ether oxygens (including phenoxy) is 2. The van der Waals surface area contributed by atoms with Crippen LogP contribution in [-0.4, -0.2) is 64.3 Å². The second-order valence-electron chi connectivity index (χ2n) is 6.81. The van der Waals surface area contributed by atoms with Gasteiger partial charge in [0.15, 0.2) is 0 Å². The molecule has 1 aliphatic heterocycles. The van der Waals surface area contributed by atoms with Crippen LogP contribution in [0.3, 0.4) is 0 Å². The molecule has 1 fully saturated rings. The van der Waals surface area contributed by atoms with Crippen LogP contribution in [0.2, 0.25) is 0 Å². The molecule has 0 aliphatic carbocycles. The fraction of sp³-hybridized carbons (Fsp3) is 1.00. The second kappa shape index (κ2) is 12.2. The Hall–Kier alpha value is -0.240. The molecule has 0 spiro atoms. The zero-order valence-corrected chi connectivity index (χ0v) is 15.0. The van der Waals surface area contributed by atoms with Crippen molar-refractivity contribution in [3.05, 3.63) is 0 Å². The molecule has 144 valence electrons. The lowest BCUT2D eigenvalue weighted by Crippen LogP contribution is -2.63. The zero-order chi connectivity index (χ0) is 17.8. The van der Waals surface area contributed by atoms with E-state index in [-0.39, 0.29) is 6.61 Å². The van der Waals surface area contributed by atoms with Crippen molar-refractivity contribution < 1.29 is 29.9 Å². The predicted octanol–water partition coefficient (Wildman–Crippen LogP) is 1.73. The minimum atomic E-state index is -1.63. The van der Waals surface area contributed by atoms with Crippen LogP contribution in [0.5, 0.6) is 0 Å². The number of aliphatic hydroxyl groups is 4. The quantitative estimate of drug-likeness (QED) is 0.378. The Labute approximate surface area is 145 Å². The lowest BCUT2D eigenvalue weighted by molar-refractivity contribution is -0.348. The van der Waals surface area contributed by atoms with E-state index in [4.69, 9.17) is 9.47 Å². The Balaban J connectivity index is 2.09. The third-order valence-electron chi connectivity index (χ3n) is 4.73. The van der Waals surface area contributed by atoms with Gasteiger partial charge in [-0.2, -0.15) is 0 Å². The van der Waals surface area contributed by atoms with E-state index in [1.54, 1.807) is 0 Å². The van der Waals surface area contributed by atoms with Gasteiger partial charge in [0.05, 0.1) is 13.2 Å². The van der Waals surface area contributed by atoms with Gasteiger partial charge in [-0.1, -0.05) is 64.7 Å². The molecule has 0 aromatic rings. The predicted molar refractivity (Wildman–Crippen MR) is 91.6 cm³/mol. The van der Waals surface area contributed by atoms with Crippen molar-refractivity contribution in [3.8, 4) is 0 Å². The Morgan fingerprint density at radius 1 is 0.917 bits per heavy atom. The third-order valence-corrected chi connectivity index (χ3v) is 4.73. The maximum absolute atomic E-state index is 10.00. The van der Waals surface area contributed by atoms with E-state index in [0.29, 0.717) is 6.61 Å². The molecule has 0 amide bonds. The van der Waals surface area contributed by atoms with E-state index in [9.17, 15) is 20.4 Å². The lowest BCUT2D eigenvalue weighted by atomic mass is 9.97. The Morgan fingerprint density at radius 3 is 2.00 bits per heavy atom. The van der Waals surface area contributed by atoms with Crippen LogP contribution < -0.4 is 0 Å². The number of rotatable bonds is 13. The lowest BCUT2D eigenvalue weighted by Gasteiger charge is -2.43. The fourth-order valence-corrected chi connectivity index (χ4v) is 3.03. The molecular weight excluding hydrogens is 312 g/mol. The molecule has 4 atom stereocenters. The summed E-state index contributed by atoms with van der Waals surface area (Å²) >= 11 is 0. The van der Waals surface area contributed by atoms with Crippen molar-refractivity contribution in [1.82, 2.24) is 0 Å². The van der Waals surface area contributed by atoms with Gasteiger partial charge in [0.1, 0.15) is 24.9 Å². The highest BCUT2D eigenvalue weighted by Gasteiger charge is 2.50. The van der Waals surface area contributed by atoms with Crippen molar-refractivity contribution in [1.29, 1.82) is 0 Å². The summed E-state index contributed by atoms with van der Waals surface area (Å²) in [5.41, 5.74) is 0. The molecule has 1 rings (SSSR count). The van der Waals surface area contributed by atoms with Crippen LogP contribution in [0.1, 0.15) is 71.1 Å². The maximum Gasteiger partial charge on any atom is 0.221 e. The summed E-state index contributed by atoms with van der Waals surface area (Å²) in [6.45, 7) is 1.84. The van der Waals surface area contributed by atoms with Gasteiger partial charge in [0.2, 0.25) is 5.79 Å². The number of hydrogen-bond acceptors (Lipinski definition) is 6. The minimum absolute atomic E-state index is 0.170. The van der Waals surface area contributed by atoms with E-state index >= 15 is 0 Å². The summed E-state index contributed by atoms with van der Waals surface area (Å²) in [4.78, 5) is 0. The zero-order valence-electron chi connectivity index (χ0n) is 15.0. The Kier molecular flexibility index (Phi) is 11.1. The number of hydrogen-bond donors (Lipinski definition) is 4. The SMILES string of the molecule is CCCCCCCCCCCCO[C@@]1(CO)OC[C@@H](O)[C@@H](O)[C@@H]1O. The van der Waals surface area contributed by atoms with Gasteiger partial charge in [0, 0.05) is 0 Å². The Bertz CT molecular complexity index is 314. The highest BCUT2D eigenvalue weighted by Crippen LogP contribution is 2.27. The summed E-state index contributed by atoms with van der Waals surface area (Å²) in [6.07, 6.45) is 8.08. The summed E-state index contributed by atoms with van der Waals surface area (Å²) in [5.74, 6) is -1.63. The summed E-state index contributed by atoms with van der Waals surface area (Å²) in [5, 5.41) is 38.7. The molecule has 0 bridgehead atoms. The molecule has 1 heterocycles. The standard InChI is InChI=1S/C18H36O6/c1-2-3-4-5-6-7-8-9-10-11-12-23-18(14-19)17(22)16(21)15(20)13-24-18/h15-17,19-22H,2-14H2,1H3/t15-,16-,17+,18+/m1/s1. The molecule has 24 heavy (non-hydrogen) atoms. The Morgan fingerprint density at radius 2 is 1.46 bits per heavy atom. The van der Waals surface area contributed by atoms with Gasteiger partial charge in [-0.25, -0.2) is 0 Å².